The monoisotopic (exact) mass is 244 g/mol. The van der Waals surface area contributed by atoms with E-state index in [0.29, 0.717) is 6.10 Å². The quantitative estimate of drug-likeness (QED) is 0.820. The third kappa shape index (κ3) is 2.83. The van der Waals surface area contributed by atoms with E-state index in [1.165, 1.54) is 5.56 Å². The molecule has 18 heavy (non-hydrogen) atoms. The summed E-state index contributed by atoms with van der Waals surface area (Å²) in [5, 5.41) is 9.17. The molecule has 0 amide bonds. The highest BCUT2D eigenvalue weighted by Crippen LogP contribution is 2.25. The summed E-state index contributed by atoms with van der Waals surface area (Å²) < 4.78 is 5.66. The Kier molecular flexibility index (Phi) is 4.22. The molecule has 0 aromatic heterocycles. The lowest BCUT2D eigenvalue weighted by molar-refractivity contribution is 0.0459. The minimum Gasteiger partial charge on any atom is -0.378 e. The zero-order chi connectivity index (χ0) is 13.0. The number of aryl methyl sites for hydroxylation is 1. The molecule has 2 rings (SSSR count). The first kappa shape index (κ1) is 12.9. The summed E-state index contributed by atoms with van der Waals surface area (Å²) in [4.78, 5) is 2.31. The third-order valence-electron chi connectivity index (χ3n) is 3.46. The highest BCUT2D eigenvalue weighted by molar-refractivity contribution is 5.60. The first-order valence-electron chi connectivity index (χ1n) is 6.62. The maximum Gasteiger partial charge on any atom is 0.101 e. The SMILES string of the molecule is CCOC1CCN(c2cc(C)ccc2C#N)CC1. The molecule has 3 heteroatoms. The normalized spacial score (nSPS) is 16.6. The summed E-state index contributed by atoms with van der Waals surface area (Å²) in [6, 6.07) is 8.31. The molecule has 1 heterocycles. The van der Waals surface area contributed by atoms with Crippen LogP contribution in [-0.4, -0.2) is 25.8 Å². The standard InChI is InChI=1S/C15H20N2O/c1-3-18-14-6-8-17(9-7-14)15-10-12(2)4-5-13(15)11-16/h4-5,10,14H,3,6-9H2,1-2H3. The molecule has 0 N–H and O–H groups in total. The summed E-state index contributed by atoms with van der Waals surface area (Å²) in [6.45, 7) is 6.85. The molecule has 96 valence electrons. The van der Waals surface area contributed by atoms with Crippen LogP contribution >= 0.6 is 0 Å². The van der Waals surface area contributed by atoms with Crippen molar-refractivity contribution in [2.45, 2.75) is 32.8 Å². The minimum absolute atomic E-state index is 0.390. The van der Waals surface area contributed by atoms with Crippen molar-refractivity contribution in [3.63, 3.8) is 0 Å². The lowest BCUT2D eigenvalue weighted by atomic mass is 10.0. The van der Waals surface area contributed by atoms with Gasteiger partial charge in [-0.05, 0) is 44.4 Å². The van der Waals surface area contributed by atoms with Crippen LogP contribution in [0.25, 0.3) is 0 Å². The molecule has 0 atom stereocenters. The van der Waals surface area contributed by atoms with Crippen LogP contribution in [-0.2, 0) is 4.74 Å². The number of piperidine rings is 1. The molecule has 1 aromatic rings. The van der Waals surface area contributed by atoms with Gasteiger partial charge < -0.3 is 9.64 Å². The molecular weight excluding hydrogens is 224 g/mol. The predicted molar refractivity (Wildman–Crippen MR) is 72.8 cm³/mol. The van der Waals surface area contributed by atoms with Gasteiger partial charge in [0.1, 0.15) is 6.07 Å². The van der Waals surface area contributed by atoms with E-state index < -0.39 is 0 Å². The van der Waals surface area contributed by atoms with Crippen LogP contribution in [0.5, 0.6) is 0 Å². The van der Waals surface area contributed by atoms with E-state index in [9.17, 15) is 5.26 Å². The van der Waals surface area contributed by atoms with Gasteiger partial charge in [0.05, 0.1) is 17.4 Å². The average molecular weight is 244 g/mol. The van der Waals surface area contributed by atoms with E-state index in [-0.39, 0.29) is 0 Å². The summed E-state index contributed by atoms with van der Waals surface area (Å²) in [7, 11) is 0. The molecule has 0 unspecified atom stereocenters. The van der Waals surface area contributed by atoms with E-state index in [0.717, 1.165) is 43.8 Å². The second-order valence-corrected chi connectivity index (χ2v) is 4.77. The van der Waals surface area contributed by atoms with Crippen molar-refractivity contribution < 1.29 is 4.74 Å². The molecule has 1 fully saturated rings. The highest BCUT2D eigenvalue weighted by Gasteiger charge is 2.21. The van der Waals surface area contributed by atoms with Crippen molar-refractivity contribution in [3.8, 4) is 6.07 Å². The fraction of sp³-hybridized carbons (Fsp3) is 0.533. The van der Waals surface area contributed by atoms with Gasteiger partial charge in [-0.1, -0.05) is 6.07 Å². The predicted octanol–water partition coefficient (Wildman–Crippen LogP) is 2.87. The zero-order valence-electron chi connectivity index (χ0n) is 11.1. The molecule has 1 saturated heterocycles. The molecule has 0 aliphatic carbocycles. The Hall–Kier alpha value is -1.53. The third-order valence-corrected chi connectivity index (χ3v) is 3.46. The molecule has 1 aromatic carbocycles. The number of anilines is 1. The Morgan fingerprint density at radius 1 is 1.39 bits per heavy atom. The fourth-order valence-electron chi connectivity index (χ4n) is 2.50. The topological polar surface area (TPSA) is 36.3 Å². The first-order valence-corrected chi connectivity index (χ1v) is 6.62. The van der Waals surface area contributed by atoms with Crippen LogP contribution in [0, 0.1) is 18.3 Å². The van der Waals surface area contributed by atoms with Crippen LogP contribution in [0.2, 0.25) is 0 Å². The van der Waals surface area contributed by atoms with Gasteiger partial charge in [-0.25, -0.2) is 0 Å². The Morgan fingerprint density at radius 2 is 2.11 bits per heavy atom. The van der Waals surface area contributed by atoms with Crippen molar-refractivity contribution in [3.05, 3.63) is 29.3 Å². The van der Waals surface area contributed by atoms with E-state index in [1.807, 2.05) is 19.1 Å². The van der Waals surface area contributed by atoms with E-state index in [4.69, 9.17) is 4.74 Å². The van der Waals surface area contributed by atoms with E-state index >= 15 is 0 Å². The van der Waals surface area contributed by atoms with Gasteiger partial charge in [-0.2, -0.15) is 5.26 Å². The Bertz CT molecular complexity index is 442. The maximum atomic E-state index is 9.17. The van der Waals surface area contributed by atoms with Crippen molar-refractivity contribution in [1.29, 1.82) is 5.26 Å². The van der Waals surface area contributed by atoms with Crippen molar-refractivity contribution in [2.24, 2.45) is 0 Å². The summed E-state index contributed by atoms with van der Waals surface area (Å²) in [6.07, 6.45) is 2.49. The van der Waals surface area contributed by atoms with Gasteiger partial charge in [0.15, 0.2) is 0 Å². The van der Waals surface area contributed by atoms with Gasteiger partial charge in [-0.15, -0.1) is 0 Å². The summed E-state index contributed by atoms with van der Waals surface area (Å²) in [5.41, 5.74) is 3.05. The number of nitriles is 1. The molecule has 0 spiro atoms. The van der Waals surface area contributed by atoms with Crippen molar-refractivity contribution in [2.75, 3.05) is 24.6 Å². The van der Waals surface area contributed by atoms with Crippen molar-refractivity contribution in [1.82, 2.24) is 0 Å². The molecule has 1 aliphatic heterocycles. The van der Waals surface area contributed by atoms with Crippen LogP contribution in [0.4, 0.5) is 5.69 Å². The molecule has 0 saturated carbocycles. The second-order valence-electron chi connectivity index (χ2n) is 4.77. The number of ether oxygens (including phenoxy) is 1. The van der Waals surface area contributed by atoms with E-state index in [2.05, 4.69) is 24.0 Å². The van der Waals surface area contributed by atoms with Gasteiger partial charge in [0.2, 0.25) is 0 Å². The lowest BCUT2D eigenvalue weighted by Gasteiger charge is -2.34. The molecule has 0 radical (unpaired) electrons. The smallest absolute Gasteiger partial charge is 0.101 e. The van der Waals surface area contributed by atoms with Crippen LogP contribution in [0.3, 0.4) is 0 Å². The van der Waals surface area contributed by atoms with Crippen LogP contribution in [0.15, 0.2) is 18.2 Å². The average Bonchev–Trinajstić information content (AvgIpc) is 2.40. The van der Waals surface area contributed by atoms with Crippen molar-refractivity contribution >= 4 is 5.69 Å². The Morgan fingerprint density at radius 3 is 2.72 bits per heavy atom. The van der Waals surface area contributed by atoms with Crippen LogP contribution in [0.1, 0.15) is 30.9 Å². The molecule has 0 bridgehead atoms. The first-order chi connectivity index (χ1) is 8.74. The number of hydrogen-bond donors (Lipinski definition) is 0. The van der Waals surface area contributed by atoms with Gasteiger partial charge >= 0.3 is 0 Å². The summed E-state index contributed by atoms with van der Waals surface area (Å²) >= 11 is 0. The fourth-order valence-corrected chi connectivity index (χ4v) is 2.50. The molecular formula is C15H20N2O. The maximum absolute atomic E-state index is 9.17. The number of benzene rings is 1. The van der Waals surface area contributed by atoms with E-state index in [1.54, 1.807) is 0 Å². The minimum atomic E-state index is 0.390. The van der Waals surface area contributed by atoms with Gasteiger partial charge in [-0.3, -0.25) is 0 Å². The van der Waals surface area contributed by atoms with Gasteiger partial charge in [0, 0.05) is 19.7 Å². The molecule has 1 aliphatic rings. The lowest BCUT2D eigenvalue weighted by Crippen LogP contribution is -2.37. The van der Waals surface area contributed by atoms with Gasteiger partial charge in [0.25, 0.3) is 0 Å². The number of rotatable bonds is 3. The zero-order valence-corrected chi connectivity index (χ0v) is 11.1. The Balaban J connectivity index is 2.10. The number of nitrogens with zero attached hydrogens (tertiary/aromatic N) is 2. The largest absolute Gasteiger partial charge is 0.378 e. The Labute approximate surface area is 109 Å². The highest BCUT2D eigenvalue weighted by atomic mass is 16.5. The molecule has 3 nitrogen and oxygen atoms in total. The number of hydrogen-bond acceptors (Lipinski definition) is 3. The summed E-state index contributed by atoms with van der Waals surface area (Å²) in [5.74, 6) is 0. The second kappa shape index (κ2) is 5.88. The van der Waals surface area contributed by atoms with Crippen LogP contribution < -0.4 is 4.90 Å².